The highest BCUT2D eigenvalue weighted by atomic mass is 35.5. The van der Waals surface area contributed by atoms with Crippen LogP contribution in [0, 0.1) is 5.41 Å². The zero-order chi connectivity index (χ0) is 11.5. The van der Waals surface area contributed by atoms with E-state index in [1.165, 1.54) is 0 Å². The van der Waals surface area contributed by atoms with Gasteiger partial charge >= 0.3 is 0 Å². The van der Waals surface area contributed by atoms with Crippen molar-refractivity contribution in [2.75, 3.05) is 6.61 Å². The minimum Gasteiger partial charge on any atom is -0.493 e. The number of halogens is 2. The second-order valence-electron chi connectivity index (χ2n) is 3.90. The Morgan fingerprint density at radius 1 is 1.33 bits per heavy atom. The molecule has 0 aliphatic carbocycles. The fourth-order valence-corrected chi connectivity index (χ4v) is 1.03. The van der Waals surface area contributed by atoms with Crippen LogP contribution in [0.1, 0.15) is 13.8 Å². The van der Waals surface area contributed by atoms with E-state index in [2.05, 4.69) is 0 Å². The molecule has 0 aliphatic heterocycles. The van der Waals surface area contributed by atoms with Gasteiger partial charge in [-0.25, -0.2) is 0 Å². The van der Waals surface area contributed by atoms with Gasteiger partial charge in [0.25, 0.3) is 0 Å². The lowest BCUT2D eigenvalue weighted by Crippen LogP contribution is -2.27. The summed E-state index contributed by atoms with van der Waals surface area (Å²) < 4.78 is 5.42. The number of ether oxygens (including phenoxy) is 1. The quantitative estimate of drug-likeness (QED) is 0.761. The van der Waals surface area contributed by atoms with E-state index in [1.807, 2.05) is 0 Å². The maximum atomic E-state index is 11.0. The van der Waals surface area contributed by atoms with E-state index in [4.69, 9.17) is 27.9 Å². The lowest BCUT2D eigenvalue weighted by Gasteiger charge is -2.19. The van der Waals surface area contributed by atoms with Gasteiger partial charge in [-0.3, -0.25) is 4.79 Å². The Bertz CT molecular complexity index is 344. The highest BCUT2D eigenvalue weighted by Crippen LogP contribution is 2.22. The number of carbonyl (C=O) groups excluding carboxylic acids is 1. The SMILES string of the molecule is CC(C)(COc1ccc(Cl)cc1)C(=O)Cl. The Morgan fingerprint density at radius 2 is 1.87 bits per heavy atom. The number of rotatable bonds is 4. The summed E-state index contributed by atoms with van der Waals surface area (Å²) in [5, 5.41) is 0.242. The van der Waals surface area contributed by atoms with Crippen LogP contribution in [0.4, 0.5) is 0 Å². The van der Waals surface area contributed by atoms with Crippen molar-refractivity contribution in [2.45, 2.75) is 13.8 Å². The summed E-state index contributed by atoms with van der Waals surface area (Å²) in [6.07, 6.45) is 0. The molecule has 0 spiro atoms. The average Bonchev–Trinajstić information content (AvgIpc) is 2.17. The molecule has 0 radical (unpaired) electrons. The molecule has 0 aromatic heterocycles. The molecule has 0 unspecified atom stereocenters. The van der Waals surface area contributed by atoms with Crippen molar-refractivity contribution in [1.29, 1.82) is 0 Å². The van der Waals surface area contributed by atoms with Gasteiger partial charge in [0.15, 0.2) is 0 Å². The maximum Gasteiger partial charge on any atom is 0.230 e. The molecule has 0 amide bonds. The van der Waals surface area contributed by atoms with Crippen LogP contribution in [0.2, 0.25) is 5.02 Å². The van der Waals surface area contributed by atoms with E-state index in [9.17, 15) is 4.79 Å². The molecule has 0 N–H and O–H groups in total. The molecule has 1 aromatic rings. The second-order valence-corrected chi connectivity index (χ2v) is 4.68. The number of carbonyl (C=O) groups is 1. The van der Waals surface area contributed by atoms with Crippen LogP contribution in [0.5, 0.6) is 5.75 Å². The van der Waals surface area contributed by atoms with Crippen molar-refractivity contribution in [3.05, 3.63) is 29.3 Å². The van der Waals surface area contributed by atoms with Gasteiger partial charge in [0, 0.05) is 5.02 Å². The third-order valence-electron chi connectivity index (χ3n) is 1.95. The Kier molecular flexibility index (Phi) is 4.00. The zero-order valence-corrected chi connectivity index (χ0v) is 10.1. The first kappa shape index (κ1) is 12.3. The van der Waals surface area contributed by atoms with Crippen LogP contribution in [0.3, 0.4) is 0 Å². The fraction of sp³-hybridized carbons (Fsp3) is 0.364. The van der Waals surface area contributed by atoms with Gasteiger partial charge in [-0.1, -0.05) is 11.6 Å². The Hall–Kier alpha value is -0.730. The highest BCUT2D eigenvalue weighted by Gasteiger charge is 2.26. The molecule has 0 heterocycles. The first-order valence-electron chi connectivity index (χ1n) is 4.50. The number of hydrogen-bond acceptors (Lipinski definition) is 2. The molecule has 0 saturated carbocycles. The van der Waals surface area contributed by atoms with Gasteiger partial charge in [0.2, 0.25) is 5.24 Å². The Balaban J connectivity index is 2.57. The normalized spacial score (nSPS) is 11.2. The van der Waals surface area contributed by atoms with Gasteiger partial charge < -0.3 is 4.74 Å². The molecule has 1 rings (SSSR count). The molecule has 0 saturated heterocycles. The van der Waals surface area contributed by atoms with E-state index < -0.39 is 10.7 Å². The highest BCUT2D eigenvalue weighted by molar-refractivity contribution is 6.64. The smallest absolute Gasteiger partial charge is 0.230 e. The zero-order valence-electron chi connectivity index (χ0n) is 8.59. The van der Waals surface area contributed by atoms with E-state index >= 15 is 0 Å². The molecule has 82 valence electrons. The molecule has 0 aliphatic rings. The van der Waals surface area contributed by atoms with Crippen molar-refractivity contribution in [1.82, 2.24) is 0 Å². The van der Waals surface area contributed by atoms with E-state index in [0.717, 1.165) is 0 Å². The molecular weight excluding hydrogens is 235 g/mol. The standard InChI is InChI=1S/C11H12Cl2O2/c1-11(2,10(13)14)7-15-9-5-3-8(12)4-6-9/h3-6H,7H2,1-2H3. The monoisotopic (exact) mass is 246 g/mol. The first-order valence-corrected chi connectivity index (χ1v) is 5.26. The van der Waals surface area contributed by atoms with E-state index in [-0.39, 0.29) is 6.61 Å². The van der Waals surface area contributed by atoms with Crippen LogP contribution in [0.15, 0.2) is 24.3 Å². The van der Waals surface area contributed by atoms with Gasteiger partial charge in [-0.15, -0.1) is 0 Å². The van der Waals surface area contributed by atoms with Crippen LogP contribution in [-0.4, -0.2) is 11.8 Å². The first-order chi connectivity index (χ1) is 6.92. The third kappa shape index (κ3) is 3.73. The maximum absolute atomic E-state index is 11.0. The minimum atomic E-state index is -0.679. The lowest BCUT2D eigenvalue weighted by atomic mass is 9.97. The van der Waals surface area contributed by atoms with Crippen LogP contribution in [0.25, 0.3) is 0 Å². The number of hydrogen-bond donors (Lipinski definition) is 0. The van der Waals surface area contributed by atoms with E-state index in [1.54, 1.807) is 38.1 Å². The lowest BCUT2D eigenvalue weighted by molar-refractivity contribution is -0.120. The van der Waals surface area contributed by atoms with Gasteiger partial charge in [0.05, 0.1) is 5.41 Å². The summed E-state index contributed by atoms with van der Waals surface area (Å²) in [7, 11) is 0. The topological polar surface area (TPSA) is 26.3 Å². The summed E-state index contributed by atoms with van der Waals surface area (Å²) in [5.41, 5.74) is -0.679. The Labute approximate surface area is 99.1 Å². The second kappa shape index (κ2) is 4.86. The van der Waals surface area contributed by atoms with Crippen LogP contribution >= 0.6 is 23.2 Å². The minimum absolute atomic E-state index is 0.247. The van der Waals surface area contributed by atoms with Crippen molar-refractivity contribution in [3.8, 4) is 5.75 Å². The van der Waals surface area contributed by atoms with Crippen molar-refractivity contribution in [3.63, 3.8) is 0 Å². The summed E-state index contributed by atoms with van der Waals surface area (Å²) >= 11 is 11.1. The molecule has 0 bridgehead atoms. The van der Waals surface area contributed by atoms with Gasteiger partial charge in [0.1, 0.15) is 12.4 Å². The van der Waals surface area contributed by atoms with Gasteiger partial charge in [-0.2, -0.15) is 0 Å². The molecule has 2 nitrogen and oxygen atoms in total. The molecule has 1 aromatic carbocycles. The number of benzene rings is 1. The molecule has 4 heteroatoms. The van der Waals surface area contributed by atoms with Crippen molar-refractivity contribution >= 4 is 28.4 Å². The third-order valence-corrected chi connectivity index (χ3v) is 2.71. The molecule has 0 fully saturated rings. The molecular formula is C11H12Cl2O2. The van der Waals surface area contributed by atoms with E-state index in [0.29, 0.717) is 10.8 Å². The van der Waals surface area contributed by atoms with Crippen molar-refractivity contribution in [2.24, 2.45) is 5.41 Å². The van der Waals surface area contributed by atoms with Crippen LogP contribution in [-0.2, 0) is 4.79 Å². The summed E-state index contributed by atoms with van der Waals surface area (Å²) in [4.78, 5) is 11.0. The summed E-state index contributed by atoms with van der Waals surface area (Å²) in [6, 6.07) is 6.95. The van der Waals surface area contributed by atoms with Crippen LogP contribution < -0.4 is 4.74 Å². The predicted octanol–water partition coefficient (Wildman–Crippen LogP) is 3.51. The molecule has 0 atom stereocenters. The Morgan fingerprint density at radius 3 is 2.33 bits per heavy atom. The van der Waals surface area contributed by atoms with Crippen molar-refractivity contribution < 1.29 is 9.53 Å². The average molecular weight is 247 g/mol. The largest absolute Gasteiger partial charge is 0.493 e. The summed E-state index contributed by atoms with van der Waals surface area (Å²) in [6.45, 7) is 3.72. The summed E-state index contributed by atoms with van der Waals surface area (Å²) in [5.74, 6) is 0.672. The molecule has 15 heavy (non-hydrogen) atoms. The van der Waals surface area contributed by atoms with Gasteiger partial charge in [-0.05, 0) is 49.7 Å². The fourth-order valence-electron chi connectivity index (χ4n) is 0.851. The predicted molar refractivity (Wildman–Crippen MR) is 61.6 cm³/mol.